The highest BCUT2D eigenvalue weighted by molar-refractivity contribution is 6.30. The number of benzene rings is 1. The monoisotopic (exact) mass is 211 g/mol. The Bertz CT molecular complexity index is 318. The Morgan fingerprint density at radius 2 is 2.00 bits per heavy atom. The fraction of sp³-hybridized carbons (Fsp3) is 0.500. The fourth-order valence-electron chi connectivity index (χ4n) is 1.92. The van der Waals surface area contributed by atoms with Crippen molar-refractivity contribution < 1.29 is 0 Å². The number of nitrogens with one attached hydrogen (secondary N) is 1. The lowest BCUT2D eigenvalue weighted by Crippen LogP contribution is -2.31. The van der Waals surface area contributed by atoms with Gasteiger partial charge in [0.2, 0.25) is 0 Å². The highest BCUT2D eigenvalue weighted by Crippen LogP contribution is 2.27. The number of rotatable bonds is 3. The van der Waals surface area contributed by atoms with Crippen molar-refractivity contribution in [3.63, 3.8) is 0 Å². The average Bonchev–Trinajstić information content (AvgIpc) is 2.02. The van der Waals surface area contributed by atoms with E-state index in [1.54, 1.807) is 0 Å². The molecule has 0 fully saturated rings. The van der Waals surface area contributed by atoms with Gasteiger partial charge in [0.25, 0.3) is 0 Å². The van der Waals surface area contributed by atoms with Crippen LogP contribution in [0.5, 0.6) is 0 Å². The Kier molecular flexibility index (Phi) is 3.57. The molecule has 78 valence electrons. The zero-order valence-electron chi connectivity index (χ0n) is 9.32. The second-order valence-electron chi connectivity index (χ2n) is 4.37. The van der Waals surface area contributed by atoms with E-state index in [1.807, 2.05) is 19.2 Å². The van der Waals surface area contributed by atoms with Gasteiger partial charge >= 0.3 is 0 Å². The third kappa shape index (κ3) is 2.49. The van der Waals surface area contributed by atoms with Gasteiger partial charge in [0.15, 0.2) is 0 Å². The molecule has 0 unspecified atom stereocenters. The summed E-state index contributed by atoms with van der Waals surface area (Å²) in [5.74, 6) is 0. The van der Waals surface area contributed by atoms with Gasteiger partial charge in [-0.2, -0.15) is 0 Å². The molecule has 0 atom stereocenters. The maximum Gasteiger partial charge on any atom is 0.0408 e. The van der Waals surface area contributed by atoms with Crippen LogP contribution in [-0.4, -0.2) is 13.6 Å². The van der Waals surface area contributed by atoms with Crippen LogP contribution < -0.4 is 5.32 Å². The Labute approximate surface area is 91.5 Å². The molecule has 0 aliphatic heterocycles. The largest absolute Gasteiger partial charge is 0.319 e. The third-order valence-corrected chi connectivity index (χ3v) is 2.77. The van der Waals surface area contributed by atoms with Gasteiger partial charge in [-0.05, 0) is 37.2 Å². The van der Waals surface area contributed by atoms with Crippen LogP contribution in [0.25, 0.3) is 0 Å². The van der Waals surface area contributed by atoms with E-state index in [-0.39, 0.29) is 5.41 Å². The second-order valence-corrected chi connectivity index (χ2v) is 4.81. The minimum absolute atomic E-state index is 0.156. The zero-order valence-corrected chi connectivity index (χ0v) is 10.1. The highest BCUT2D eigenvalue weighted by atomic mass is 35.5. The molecule has 0 saturated heterocycles. The summed E-state index contributed by atoms with van der Waals surface area (Å²) in [4.78, 5) is 0. The molecule has 0 radical (unpaired) electrons. The molecule has 1 rings (SSSR count). The van der Waals surface area contributed by atoms with Crippen molar-refractivity contribution in [2.75, 3.05) is 13.6 Å². The van der Waals surface area contributed by atoms with E-state index in [0.29, 0.717) is 0 Å². The van der Waals surface area contributed by atoms with Crippen LogP contribution in [0.3, 0.4) is 0 Å². The van der Waals surface area contributed by atoms with Crippen molar-refractivity contribution in [3.05, 3.63) is 34.3 Å². The first-order valence-corrected chi connectivity index (χ1v) is 5.26. The Morgan fingerprint density at radius 3 is 2.50 bits per heavy atom. The van der Waals surface area contributed by atoms with Crippen LogP contribution >= 0.6 is 11.6 Å². The van der Waals surface area contributed by atoms with Gasteiger partial charge in [0.05, 0.1) is 0 Å². The molecular formula is C12H18ClN. The number of halogens is 1. The molecule has 1 aromatic carbocycles. The quantitative estimate of drug-likeness (QED) is 0.810. The lowest BCUT2D eigenvalue weighted by molar-refractivity contribution is 0.491. The van der Waals surface area contributed by atoms with Crippen LogP contribution in [0.2, 0.25) is 5.02 Å². The van der Waals surface area contributed by atoms with Gasteiger partial charge in [0, 0.05) is 17.0 Å². The van der Waals surface area contributed by atoms with Crippen molar-refractivity contribution in [2.24, 2.45) is 0 Å². The summed E-state index contributed by atoms with van der Waals surface area (Å²) in [5, 5.41) is 4.03. The van der Waals surface area contributed by atoms with E-state index in [0.717, 1.165) is 11.6 Å². The standard InChI is InChI=1S/C12H18ClN/c1-9-7-10(13)5-6-11(9)12(2,3)8-14-4/h5-7,14H,8H2,1-4H3. The van der Waals surface area contributed by atoms with E-state index >= 15 is 0 Å². The van der Waals surface area contributed by atoms with Crippen molar-refractivity contribution in [1.29, 1.82) is 0 Å². The molecule has 0 aromatic heterocycles. The summed E-state index contributed by atoms with van der Waals surface area (Å²) in [5.41, 5.74) is 2.78. The maximum atomic E-state index is 5.93. The topological polar surface area (TPSA) is 12.0 Å². The molecule has 0 aliphatic rings. The fourth-order valence-corrected chi connectivity index (χ4v) is 2.15. The molecule has 0 heterocycles. The van der Waals surface area contributed by atoms with E-state index < -0.39 is 0 Å². The van der Waals surface area contributed by atoms with Crippen LogP contribution in [0.1, 0.15) is 25.0 Å². The average molecular weight is 212 g/mol. The van der Waals surface area contributed by atoms with Gasteiger partial charge < -0.3 is 5.32 Å². The minimum Gasteiger partial charge on any atom is -0.319 e. The summed E-state index contributed by atoms with van der Waals surface area (Å²) in [6.07, 6.45) is 0. The molecule has 14 heavy (non-hydrogen) atoms. The Balaban J connectivity index is 3.06. The van der Waals surface area contributed by atoms with E-state index in [4.69, 9.17) is 11.6 Å². The smallest absolute Gasteiger partial charge is 0.0408 e. The lowest BCUT2D eigenvalue weighted by atomic mass is 9.82. The predicted molar refractivity (Wildman–Crippen MR) is 63.1 cm³/mol. The Morgan fingerprint density at radius 1 is 1.36 bits per heavy atom. The number of likely N-dealkylation sites (N-methyl/N-ethyl adjacent to an activating group) is 1. The van der Waals surface area contributed by atoms with Crippen LogP contribution in [-0.2, 0) is 5.41 Å². The maximum absolute atomic E-state index is 5.93. The summed E-state index contributed by atoms with van der Waals surface area (Å²) < 4.78 is 0. The van der Waals surface area contributed by atoms with Gasteiger partial charge in [-0.15, -0.1) is 0 Å². The normalized spacial score (nSPS) is 11.8. The first kappa shape index (κ1) is 11.5. The molecule has 0 saturated carbocycles. The van der Waals surface area contributed by atoms with Crippen molar-refractivity contribution >= 4 is 11.6 Å². The molecule has 1 N–H and O–H groups in total. The summed E-state index contributed by atoms with van der Waals surface area (Å²) in [7, 11) is 1.98. The van der Waals surface area contributed by atoms with E-state index in [1.165, 1.54) is 11.1 Å². The molecule has 2 heteroatoms. The number of aryl methyl sites for hydroxylation is 1. The molecule has 0 amide bonds. The van der Waals surface area contributed by atoms with Gasteiger partial charge in [0.1, 0.15) is 0 Å². The van der Waals surface area contributed by atoms with E-state index in [9.17, 15) is 0 Å². The second kappa shape index (κ2) is 4.33. The van der Waals surface area contributed by atoms with Crippen LogP contribution in [0.15, 0.2) is 18.2 Å². The van der Waals surface area contributed by atoms with Gasteiger partial charge in [-0.25, -0.2) is 0 Å². The summed E-state index contributed by atoms with van der Waals surface area (Å²) >= 11 is 5.93. The molecule has 1 nitrogen and oxygen atoms in total. The highest BCUT2D eigenvalue weighted by Gasteiger charge is 2.21. The number of hydrogen-bond donors (Lipinski definition) is 1. The van der Waals surface area contributed by atoms with Crippen molar-refractivity contribution in [1.82, 2.24) is 5.32 Å². The minimum atomic E-state index is 0.156. The first-order chi connectivity index (χ1) is 6.47. The van der Waals surface area contributed by atoms with Gasteiger partial charge in [-0.1, -0.05) is 31.5 Å². The zero-order chi connectivity index (χ0) is 10.8. The summed E-state index contributed by atoms with van der Waals surface area (Å²) in [6.45, 7) is 7.55. The van der Waals surface area contributed by atoms with Crippen molar-refractivity contribution in [3.8, 4) is 0 Å². The molecule has 0 aliphatic carbocycles. The van der Waals surface area contributed by atoms with E-state index in [2.05, 4.69) is 32.2 Å². The lowest BCUT2D eigenvalue weighted by Gasteiger charge is -2.26. The first-order valence-electron chi connectivity index (χ1n) is 4.88. The number of hydrogen-bond acceptors (Lipinski definition) is 1. The molecule has 1 aromatic rings. The van der Waals surface area contributed by atoms with Crippen molar-refractivity contribution in [2.45, 2.75) is 26.2 Å². The van der Waals surface area contributed by atoms with Gasteiger partial charge in [-0.3, -0.25) is 0 Å². The molecule has 0 bridgehead atoms. The SMILES string of the molecule is CNCC(C)(C)c1ccc(Cl)cc1C. The summed E-state index contributed by atoms with van der Waals surface area (Å²) in [6, 6.07) is 6.10. The van der Waals surface area contributed by atoms with Crippen LogP contribution in [0, 0.1) is 6.92 Å². The Hall–Kier alpha value is -0.530. The van der Waals surface area contributed by atoms with Crippen LogP contribution in [0.4, 0.5) is 0 Å². The molecular weight excluding hydrogens is 194 g/mol. The third-order valence-electron chi connectivity index (χ3n) is 2.54. The molecule has 0 spiro atoms. The predicted octanol–water partition coefficient (Wildman–Crippen LogP) is 3.15.